The molecule has 0 radical (unpaired) electrons. The summed E-state index contributed by atoms with van der Waals surface area (Å²) >= 11 is 3.50. The van der Waals surface area contributed by atoms with Crippen LogP contribution < -0.4 is 0 Å². The highest BCUT2D eigenvalue weighted by molar-refractivity contribution is 9.10. The number of unbranched alkanes of at least 4 members (excludes halogenated alkanes) is 1. The molecule has 0 aliphatic heterocycles. The van der Waals surface area contributed by atoms with Crippen molar-refractivity contribution in [2.75, 3.05) is 13.1 Å². The highest BCUT2D eigenvalue weighted by Gasteiger charge is 2.33. The van der Waals surface area contributed by atoms with Crippen molar-refractivity contribution in [2.24, 2.45) is 0 Å². The Labute approximate surface area is 257 Å². The number of sulfonamides is 1. The van der Waals surface area contributed by atoms with Gasteiger partial charge >= 0.3 is 0 Å². The summed E-state index contributed by atoms with van der Waals surface area (Å²) in [6, 6.07) is 21.3. The third-order valence-electron chi connectivity index (χ3n) is 8.14. The Morgan fingerprint density at radius 3 is 2.52 bits per heavy atom. The summed E-state index contributed by atoms with van der Waals surface area (Å²) < 4.78 is 32.8. The van der Waals surface area contributed by atoms with Crippen LogP contribution >= 0.6 is 15.9 Å². The maximum atomic E-state index is 14.2. The first-order valence-corrected chi connectivity index (χ1v) is 17.1. The summed E-state index contributed by atoms with van der Waals surface area (Å²) in [5.74, 6) is -0.147. The second-order valence-corrected chi connectivity index (χ2v) is 13.9. The van der Waals surface area contributed by atoms with Crippen molar-refractivity contribution in [3.8, 4) is 0 Å². The van der Waals surface area contributed by atoms with Gasteiger partial charge in [0.1, 0.15) is 4.90 Å². The van der Waals surface area contributed by atoms with Gasteiger partial charge in [-0.25, -0.2) is 8.42 Å². The van der Waals surface area contributed by atoms with Crippen LogP contribution in [-0.4, -0.2) is 52.2 Å². The lowest BCUT2D eigenvalue weighted by molar-refractivity contribution is -0.135. The van der Waals surface area contributed by atoms with Gasteiger partial charge in [-0.05, 0) is 61.2 Å². The molecule has 9 heteroatoms. The average Bonchev–Trinajstić information content (AvgIpc) is 3.45. The molecule has 222 valence electrons. The van der Waals surface area contributed by atoms with Gasteiger partial charge in [0.25, 0.3) is 0 Å². The van der Waals surface area contributed by atoms with Crippen molar-refractivity contribution < 1.29 is 13.2 Å². The summed E-state index contributed by atoms with van der Waals surface area (Å²) in [5, 5.41) is 0.760. The van der Waals surface area contributed by atoms with Gasteiger partial charge in [0.05, 0.1) is 18.6 Å². The Bertz CT molecular complexity index is 1590. The third kappa shape index (κ3) is 7.13. The zero-order valence-electron chi connectivity index (χ0n) is 24.2. The summed E-state index contributed by atoms with van der Waals surface area (Å²) in [7, 11) is -3.96. The van der Waals surface area contributed by atoms with E-state index in [1.54, 1.807) is 24.4 Å². The minimum absolute atomic E-state index is 0.0947. The summed E-state index contributed by atoms with van der Waals surface area (Å²) in [6.07, 6.45) is 10.4. The molecule has 1 aliphatic carbocycles. The van der Waals surface area contributed by atoms with Crippen molar-refractivity contribution in [3.63, 3.8) is 0 Å². The lowest BCUT2D eigenvalue weighted by Gasteiger charge is -2.36. The first-order valence-electron chi connectivity index (χ1n) is 14.9. The van der Waals surface area contributed by atoms with E-state index < -0.39 is 10.0 Å². The number of fused-ring (bicyclic) bond motifs is 1. The summed E-state index contributed by atoms with van der Waals surface area (Å²) in [6.45, 7) is 3.28. The van der Waals surface area contributed by atoms with Gasteiger partial charge in [0.15, 0.2) is 0 Å². The lowest BCUT2D eigenvalue weighted by atomic mass is 9.94. The molecule has 5 rings (SSSR count). The van der Waals surface area contributed by atoms with E-state index in [9.17, 15) is 13.2 Å². The number of hydrogen-bond donors (Lipinski definition) is 0. The highest BCUT2D eigenvalue weighted by Crippen LogP contribution is 2.27. The molecule has 2 aromatic heterocycles. The number of hydrogen-bond acceptors (Lipinski definition) is 4. The fourth-order valence-corrected chi connectivity index (χ4v) is 7.66. The first-order chi connectivity index (χ1) is 20.4. The van der Waals surface area contributed by atoms with Gasteiger partial charge in [-0.2, -0.15) is 4.31 Å². The van der Waals surface area contributed by atoms with Crippen LogP contribution in [0.2, 0.25) is 0 Å². The molecule has 0 spiro atoms. The van der Waals surface area contributed by atoms with Crippen molar-refractivity contribution in [3.05, 3.63) is 94.9 Å². The first kappa shape index (κ1) is 30.4. The van der Waals surface area contributed by atoms with Crippen molar-refractivity contribution >= 4 is 42.8 Å². The molecule has 2 aromatic carbocycles. The van der Waals surface area contributed by atoms with Crippen molar-refractivity contribution in [2.45, 2.75) is 75.9 Å². The molecule has 1 fully saturated rings. The zero-order valence-corrected chi connectivity index (χ0v) is 26.6. The SMILES string of the molecule is CCCCN(CC(=O)N(Cc1cccn1Cc1ccc(Br)cc1)C1CCCCC1)S(=O)(=O)c1cccc2cccnc12. The molecule has 1 amide bonds. The van der Waals surface area contributed by atoms with Crippen LogP contribution in [0, 0.1) is 0 Å². The summed E-state index contributed by atoms with van der Waals surface area (Å²) in [5.41, 5.74) is 2.65. The number of aromatic nitrogens is 2. The van der Waals surface area contributed by atoms with Crippen LogP contribution in [0.3, 0.4) is 0 Å². The van der Waals surface area contributed by atoms with Crippen LogP contribution in [-0.2, 0) is 27.9 Å². The van der Waals surface area contributed by atoms with Gasteiger partial charge in [-0.15, -0.1) is 0 Å². The number of pyridine rings is 1. The average molecular weight is 652 g/mol. The second kappa shape index (κ2) is 14.0. The number of amides is 1. The van der Waals surface area contributed by atoms with E-state index in [0.717, 1.165) is 47.7 Å². The number of rotatable bonds is 12. The van der Waals surface area contributed by atoms with Crippen LogP contribution in [0.5, 0.6) is 0 Å². The minimum Gasteiger partial charge on any atom is -0.345 e. The maximum absolute atomic E-state index is 14.2. The smallest absolute Gasteiger partial charge is 0.245 e. The van der Waals surface area contributed by atoms with E-state index in [1.807, 2.05) is 48.4 Å². The molecule has 0 unspecified atom stereocenters. The van der Waals surface area contributed by atoms with Crippen LogP contribution in [0.4, 0.5) is 0 Å². The normalized spacial score (nSPS) is 14.5. The van der Waals surface area contributed by atoms with E-state index >= 15 is 0 Å². The molecule has 42 heavy (non-hydrogen) atoms. The molecule has 0 bridgehead atoms. The molecular weight excluding hydrogens is 612 g/mol. The standard InChI is InChI=1S/C33H39BrN4O3S/c1-2-3-22-37(42(40,41)31-15-7-10-27-11-8-20-35-33(27)31)25-32(39)38(29-12-5-4-6-13-29)24-30-14-9-21-36(30)23-26-16-18-28(34)19-17-26/h7-11,14-21,29H,2-6,12-13,22-25H2,1H3. The number of nitrogens with zero attached hydrogens (tertiary/aromatic N) is 4. The van der Waals surface area contributed by atoms with Crippen molar-refractivity contribution in [1.29, 1.82) is 0 Å². The molecule has 7 nitrogen and oxygen atoms in total. The van der Waals surface area contributed by atoms with E-state index in [1.165, 1.54) is 16.3 Å². The van der Waals surface area contributed by atoms with Gasteiger partial charge in [-0.3, -0.25) is 9.78 Å². The highest BCUT2D eigenvalue weighted by atomic mass is 79.9. The van der Waals surface area contributed by atoms with E-state index in [-0.39, 0.29) is 29.9 Å². The summed E-state index contributed by atoms with van der Waals surface area (Å²) in [4.78, 5) is 20.7. The molecule has 2 heterocycles. The molecular formula is C33H39BrN4O3S. The molecule has 4 aromatic rings. The van der Waals surface area contributed by atoms with E-state index in [0.29, 0.717) is 25.0 Å². The monoisotopic (exact) mass is 650 g/mol. The topological polar surface area (TPSA) is 75.5 Å². The molecule has 0 atom stereocenters. The largest absolute Gasteiger partial charge is 0.345 e. The number of carbonyl (C=O) groups is 1. The Kier molecular flexibility index (Phi) is 10.1. The van der Waals surface area contributed by atoms with Crippen LogP contribution in [0.1, 0.15) is 63.1 Å². The van der Waals surface area contributed by atoms with Gasteiger partial charge in [0, 0.05) is 47.1 Å². The third-order valence-corrected chi connectivity index (χ3v) is 10.5. The minimum atomic E-state index is -3.96. The Morgan fingerprint density at radius 1 is 1.00 bits per heavy atom. The number of para-hydroxylation sites is 1. The molecule has 0 saturated heterocycles. The zero-order chi connectivity index (χ0) is 29.5. The van der Waals surface area contributed by atoms with Gasteiger partial charge in [-0.1, -0.05) is 78.9 Å². The molecule has 0 N–H and O–H groups in total. The molecule has 1 aliphatic rings. The van der Waals surface area contributed by atoms with Gasteiger partial charge < -0.3 is 9.47 Å². The van der Waals surface area contributed by atoms with Crippen molar-refractivity contribution in [1.82, 2.24) is 18.8 Å². The van der Waals surface area contributed by atoms with E-state index in [4.69, 9.17) is 0 Å². The number of carbonyl (C=O) groups excluding carboxylic acids is 1. The number of benzene rings is 2. The predicted octanol–water partition coefficient (Wildman–Crippen LogP) is 7.00. The predicted molar refractivity (Wildman–Crippen MR) is 171 cm³/mol. The Hall–Kier alpha value is -3.01. The van der Waals surface area contributed by atoms with E-state index in [2.05, 4.69) is 43.7 Å². The fraction of sp³-hybridized carbons (Fsp3) is 0.394. The van der Waals surface area contributed by atoms with Crippen LogP contribution in [0.25, 0.3) is 10.9 Å². The second-order valence-electron chi connectivity index (χ2n) is 11.1. The Balaban J connectivity index is 1.42. The Morgan fingerprint density at radius 2 is 1.76 bits per heavy atom. The maximum Gasteiger partial charge on any atom is 0.245 e. The lowest BCUT2D eigenvalue weighted by Crippen LogP contribution is -2.47. The van der Waals surface area contributed by atoms with Crippen LogP contribution in [0.15, 0.2) is 88.5 Å². The molecule has 1 saturated carbocycles. The fourth-order valence-electron chi connectivity index (χ4n) is 5.81. The van der Waals surface area contributed by atoms with Gasteiger partial charge in [0.2, 0.25) is 15.9 Å². The number of halogens is 1. The quantitative estimate of drug-likeness (QED) is 0.165.